The summed E-state index contributed by atoms with van der Waals surface area (Å²) in [5.41, 5.74) is -1.27. The van der Waals surface area contributed by atoms with Gasteiger partial charge in [0.05, 0.1) is 12.0 Å². The van der Waals surface area contributed by atoms with Crippen molar-refractivity contribution in [2.24, 2.45) is 5.41 Å². The number of ether oxygens (including phenoxy) is 1. The third-order valence-corrected chi connectivity index (χ3v) is 8.38. The van der Waals surface area contributed by atoms with Gasteiger partial charge >= 0.3 is 12.6 Å². The first-order valence-corrected chi connectivity index (χ1v) is 13.8. The number of pyridine rings is 2. The van der Waals surface area contributed by atoms with E-state index in [-0.39, 0.29) is 50.7 Å². The average molecular weight is 561 g/mol. The summed E-state index contributed by atoms with van der Waals surface area (Å²) in [5.74, 6) is -0.569. The highest BCUT2D eigenvalue weighted by Crippen LogP contribution is 2.47. The molecule has 2 unspecified atom stereocenters. The zero-order valence-corrected chi connectivity index (χ0v) is 22.8. The minimum absolute atomic E-state index is 0.00450. The summed E-state index contributed by atoms with van der Waals surface area (Å²) < 4.78 is 49.2. The van der Waals surface area contributed by atoms with E-state index < -0.39 is 17.9 Å². The second kappa shape index (κ2) is 11.7. The molecule has 216 valence electrons. The number of fused-ring (bicyclic) bond motifs is 2. The molecule has 2 fully saturated rings. The Labute approximate surface area is 230 Å². The predicted octanol–water partition coefficient (Wildman–Crippen LogP) is 4.59. The largest absolute Gasteiger partial charge is 0.463 e. The van der Waals surface area contributed by atoms with Crippen molar-refractivity contribution in [2.75, 3.05) is 38.4 Å². The van der Waals surface area contributed by atoms with Gasteiger partial charge in [-0.05, 0) is 51.8 Å². The Morgan fingerprint density at radius 2 is 2.05 bits per heavy atom. The van der Waals surface area contributed by atoms with Gasteiger partial charge < -0.3 is 19.6 Å². The van der Waals surface area contributed by atoms with Crippen molar-refractivity contribution in [1.29, 1.82) is 0 Å². The fraction of sp³-hybridized carbons (Fsp3) is 0.571. The molecule has 0 amide bonds. The van der Waals surface area contributed by atoms with Crippen molar-refractivity contribution in [3.63, 3.8) is 0 Å². The maximum Gasteiger partial charge on any atom is 0.321 e. The van der Waals surface area contributed by atoms with Crippen LogP contribution in [0.3, 0.4) is 0 Å². The van der Waals surface area contributed by atoms with Crippen molar-refractivity contribution in [2.45, 2.75) is 64.5 Å². The van der Waals surface area contributed by atoms with Crippen LogP contribution in [-0.4, -0.2) is 69.0 Å². The quantitative estimate of drug-likeness (QED) is 0.360. The van der Waals surface area contributed by atoms with E-state index in [9.17, 15) is 18.7 Å². The fourth-order valence-electron chi connectivity index (χ4n) is 6.30. The first-order chi connectivity index (χ1) is 19.3. The number of anilines is 1. The van der Waals surface area contributed by atoms with Crippen LogP contribution in [0, 0.1) is 11.2 Å². The number of unbranched alkanes of at least 4 members (excludes halogenated alkanes) is 1. The molecule has 2 aliphatic rings. The summed E-state index contributed by atoms with van der Waals surface area (Å²) >= 11 is 0. The van der Waals surface area contributed by atoms with Gasteiger partial charge in [-0.2, -0.15) is 18.7 Å². The molecule has 40 heavy (non-hydrogen) atoms. The van der Waals surface area contributed by atoms with E-state index in [4.69, 9.17) is 4.74 Å². The zero-order valence-electron chi connectivity index (χ0n) is 22.8. The summed E-state index contributed by atoms with van der Waals surface area (Å²) in [6, 6.07) is 2.58. The summed E-state index contributed by atoms with van der Waals surface area (Å²) in [7, 11) is 2.14. The fourth-order valence-corrected chi connectivity index (χ4v) is 6.30. The molecule has 1 aliphatic carbocycles. The minimum Gasteiger partial charge on any atom is -0.463 e. The molecule has 1 aliphatic heterocycles. The standard InChI is InChI=1S/C28H35F3N6O3/c1-3-4-13-36(17-38)25-19-14-32-23(18-8-9-21(39)37(15-18)26(30)31)22(29)24(19)33-27(34-25)40-16-28-10-5-7-20(28)35(2)12-6-11-28/h8-9,14-15,20,26,38H,3-7,10-13,16-17H2,1-2H3. The number of aliphatic hydroxyl groups is 1. The molecule has 12 heteroatoms. The molecule has 0 spiro atoms. The van der Waals surface area contributed by atoms with E-state index >= 15 is 4.39 Å². The lowest BCUT2D eigenvalue weighted by atomic mass is 9.76. The highest BCUT2D eigenvalue weighted by molar-refractivity contribution is 5.91. The molecule has 2 atom stereocenters. The average Bonchev–Trinajstić information content (AvgIpc) is 3.39. The Kier molecular flexibility index (Phi) is 8.27. The Morgan fingerprint density at radius 1 is 1.25 bits per heavy atom. The topological polar surface area (TPSA) is 96.6 Å². The number of alkyl halides is 2. The van der Waals surface area contributed by atoms with Crippen LogP contribution >= 0.6 is 0 Å². The first kappa shape index (κ1) is 28.3. The lowest BCUT2D eigenvalue weighted by molar-refractivity contribution is 0.0133. The molecule has 0 aromatic carbocycles. The highest BCUT2D eigenvalue weighted by atomic mass is 19.3. The van der Waals surface area contributed by atoms with Crippen LogP contribution in [-0.2, 0) is 0 Å². The van der Waals surface area contributed by atoms with Crippen LogP contribution in [0.2, 0.25) is 0 Å². The summed E-state index contributed by atoms with van der Waals surface area (Å²) in [4.78, 5) is 29.0. The molecule has 1 N–H and O–H groups in total. The number of rotatable bonds is 10. The summed E-state index contributed by atoms with van der Waals surface area (Å²) in [5, 5.41) is 10.4. The van der Waals surface area contributed by atoms with Crippen LogP contribution in [0.4, 0.5) is 19.0 Å². The third-order valence-electron chi connectivity index (χ3n) is 8.38. The number of halogens is 3. The lowest BCUT2D eigenvalue weighted by Crippen LogP contribution is -2.50. The minimum atomic E-state index is -3.08. The monoisotopic (exact) mass is 560 g/mol. The normalized spacial score (nSPS) is 21.2. The second-order valence-corrected chi connectivity index (χ2v) is 10.9. The molecule has 4 heterocycles. The molecule has 0 bridgehead atoms. The Balaban J connectivity index is 1.58. The lowest BCUT2D eigenvalue weighted by Gasteiger charge is -2.44. The van der Waals surface area contributed by atoms with Crippen molar-refractivity contribution < 1.29 is 23.0 Å². The van der Waals surface area contributed by atoms with Crippen LogP contribution < -0.4 is 15.2 Å². The van der Waals surface area contributed by atoms with E-state index in [1.807, 2.05) is 6.92 Å². The van der Waals surface area contributed by atoms with Gasteiger partial charge in [0.1, 0.15) is 23.8 Å². The maximum atomic E-state index is 16.1. The number of piperidine rings is 1. The number of hydrogen-bond acceptors (Lipinski definition) is 8. The van der Waals surface area contributed by atoms with Crippen LogP contribution in [0.1, 0.15) is 58.4 Å². The summed E-state index contributed by atoms with van der Waals surface area (Å²) in [6.45, 7) is 0.487. The first-order valence-electron chi connectivity index (χ1n) is 13.8. The van der Waals surface area contributed by atoms with E-state index in [0.717, 1.165) is 63.8 Å². The maximum absolute atomic E-state index is 16.1. The molecule has 0 radical (unpaired) electrons. The van der Waals surface area contributed by atoms with E-state index in [1.165, 1.54) is 12.3 Å². The van der Waals surface area contributed by atoms with Crippen molar-refractivity contribution in [1.82, 2.24) is 24.4 Å². The smallest absolute Gasteiger partial charge is 0.321 e. The molecular weight excluding hydrogens is 525 g/mol. The number of hydrogen-bond donors (Lipinski definition) is 1. The Morgan fingerprint density at radius 3 is 2.80 bits per heavy atom. The molecule has 3 aromatic heterocycles. The third kappa shape index (κ3) is 5.26. The van der Waals surface area contributed by atoms with Crippen molar-refractivity contribution in [3.8, 4) is 17.3 Å². The van der Waals surface area contributed by atoms with Gasteiger partial charge in [-0.25, -0.2) is 4.39 Å². The Hall–Kier alpha value is -3.25. The molecular formula is C28H35F3N6O3. The SMILES string of the molecule is CCCCN(CO)c1nc(OCC23CCCC2N(C)CCC3)nc2c(F)c(-c3ccc(=O)n(C(F)F)c3)ncc12. The molecule has 9 nitrogen and oxygen atoms in total. The van der Waals surface area contributed by atoms with Gasteiger partial charge in [-0.15, -0.1) is 0 Å². The van der Waals surface area contributed by atoms with Gasteiger partial charge in [-0.1, -0.05) is 19.8 Å². The van der Waals surface area contributed by atoms with Gasteiger partial charge in [-0.3, -0.25) is 14.3 Å². The predicted molar refractivity (Wildman–Crippen MR) is 145 cm³/mol. The van der Waals surface area contributed by atoms with Crippen LogP contribution in [0.15, 0.2) is 29.3 Å². The molecule has 3 aromatic rings. The second-order valence-electron chi connectivity index (χ2n) is 10.9. The molecule has 1 saturated heterocycles. The van der Waals surface area contributed by atoms with Crippen molar-refractivity contribution >= 4 is 16.7 Å². The van der Waals surface area contributed by atoms with Crippen molar-refractivity contribution in [3.05, 3.63) is 40.7 Å². The number of nitrogens with zero attached hydrogens (tertiary/aromatic N) is 6. The highest BCUT2D eigenvalue weighted by Gasteiger charge is 2.47. The number of aliphatic hydroxyl groups excluding tert-OH is 1. The van der Waals surface area contributed by atoms with E-state index in [0.29, 0.717) is 19.2 Å². The van der Waals surface area contributed by atoms with Gasteiger partial charge in [0.2, 0.25) is 0 Å². The Bertz CT molecular complexity index is 1420. The van der Waals surface area contributed by atoms with Gasteiger partial charge in [0.25, 0.3) is 5.56 Å². The van der Waals surface area contributed by atoms with Crippen LogP contribution in [0.25, 0.3) is 22.2 Å². The number of likely N-dealkylation sites (tertiary alicyclic amines) is 1. The number of aromatic nitrogens is 4. The zero-order chi connectivity index (χ0) is 28.4. The molecule has 1 saturated carbocycles. The summed E-state index contributed by atoms with van der Waals surface area (Å²) in [6.07, 6.45) is 9.23. The molecule has 5 rings (SSSR count). The van der Waals surface area contributed by atoms with E-state index in [2.05, 4.69) is 26.9 Å². The van der Waals surface area contributed by atoms with Crippen LogP contribution in [0.5, 0.6) is 6.01 Å². The van der Waals surface area contributed by atoms with E-state index in [1.54, 1.807) is 4.90 Å². The van der Waals surface area contributed by atoms with Gasteiger partial charge in [0.15, 0.2) is 5.82 Å². The van der Waals surface area contributed by atoms with Gasteiger partial charge in [0, 0.05) is 42.0 Å².